The molecule has 2 aromatic carbocycles. The molecule has 0 saturated carbocycles. The van der Waals surface area contributed by atoms with Crippen LogP contribution in [-0.4, -0.2) is 50.6 Å². The highest BCUT2D eigenvalue weighted by atomic mass is 16.5. The number of nitrogens with zero attached hydrogens (tertiary/aromatic N) is 1. The Hall–Kier alpha value is -2.57. The maximum absolute atomic E-state index is 11.4. The number of carboxylic acid groups (broad SMARTS) is 1. The molecule has 1 atom stereocenters. The van der Waals surface area contributed by atoms with Crippen molar-refractivity contribution in [3.05, 3.63) is 53.6 Å². The van der Waals surface area contributed by atoms with Gasteiger partial charge in [0.15, 0.2) is 0 Å². The van der Waals surface area contributed by atoms with Crippen LogP contribution in [0.1, 0.15) is 50.2 Å². The van der Waals surface area contributed by atoms with E-state index in [0.29, 0.717) is 12.6 Å². The summed E-state index contributed by atoms with van der Waals surface area (Å²) in [5, 5.41) is 13.0. The van der Waals surface area contributed by atoms with E-state index in [-0.39, 0.29) is 12.3 Å². The van der Waals surface area contributed by atoms with E-state index in [1.165, 1.54) is 5.56 Å². The molecule has 174 valence electrons. The fraction of sp³-hybridized carbons (Fsp3) is 0.500. The topological polar surface area (TPSA) is 71.0 Å². The van der Waals surface area contributed by atoms with Gasteiger partial charge in [0.25, 0.3) is 0 Å². The zero-order valence-corrected chi connectivity index (χ0v) is 19.5. The average molecular weight is 441 g/mol. The Balaban J connectivity index is 1.98. The predicted octanol–water partition coefficient (Wildman–Crippen LogP) is 5.20. The third-order valence-electron chi connectivity index (χ3n) is 6.20. The summed E-state index contributed by atoms with van der Waals surface area (Å²) in [4.78, 5) is 13.9. The summed E-state index contributed by atoms with van der Waals surface area (Å²) >= 11 is 0. The standard InChI is InChI=1S/C26H36N2O4/c1-4-19-6-9-22(10-7-19)27-24-16-20(21(18-31-3)17-26(29)30)8-11-25(24)28(5-2)23-12-14-32-15-13-23/h6-11,16,21,23,27H,4-5,12-15,17-18H2,1-3H3,(H,29,30)/t21-/m1/s1. The number of hydrogen-bond donors (Lipinski definition) is 2. The highest BCUT2D eigenvalue weighted by Crippen LogP contribution is 2.36. The Kier molecular flexibility index (Phi) is 8.94. The van der Waals surface area contributed by atoms with Crippen molar-refractivity contribution in [2.45, 2.75) is 51.5 Å². The number of aryl methyl sites for hydroxylation is 1. The molecule has 2 aromatic rings. The molecule has 6 nitrogen and oxygen atoms in total. The maximum Gasteiger partial charge on any atom is 0.304 e. The SMILES string of the molecule is CCc1ccc(Nc2cc([C@@H](COC)CC(=O)O)ccc2N(CC)C2CCOCC2)cc1. The van der Waals surface area contributed by atoms with Crippen LogP contribution in [0.5, 0.6) is 0 Å². The lowest BCUT2D eigenvalue weighted by Gasteiger charge is -2.37. The van der Waals surface area contributed by atoms with Gasteiger partial charge < -0.3 is 24.8 Å². The molecule has 0 spiro atoms. The molecule has 0 amide bonds. The van der Waals surface area contributed by atoms with E-state index < -0.39 is 5.97 Å². The summed E-state index contributed by atoms with van der Waals surface area (Å²) in [6.07, 6.45) is 3.05. The molecule has 1 fully saturated rings. The van der Waals surface area contributed by atoms with Crippen LogP contribution >= 0.6 is 0 Å². The zero-order valence-electron chi connectivity index (χ0n) is 19.5. The number of aliphatic carboxylic acids is 1. The van der Waals surface area contributed by atoms with Gasteiger partial charge in [-0.25, -0.2) is 0 Å². The van der Waals surface area contributed by atoms with Crippen molar-refractivity contribution >= 4 is 23.0 Å². The fourth-order valence-corrected chi connectivity index (χ4v) is 4.44. The normalized spacial score (nSPS) is 15.3. The van der Waals surface area contributed by atoms with E-state index in [2.05, 4.69) is 66.5 Å². The monoisotopic (exact) mass is 440 g/mol. The highest BCUT2D eigenvalue weighted by Gasteiger charge is 2.24. The van der Waals surface area contributed by atoms with Gasteiger partial charge in [0.05, 0.1) is 24.4 Å². The number of ether oxygens (including phenoxy) is 2. The Morgan fingerprint density at radius 1 is 1.19 bits per heavy atom. The summed E-state index contributed by atoms with van der Waals surface area (Å²) in [6, 6.07) is 15.2. The first-order valence-corrected chi connectivity index (χ1v) is 11.6. The van der Waals surface area contributed by atoms with Crippen LogP contribution in [0.15, 0.2) is 42.5 Å². The number of benzene rings is 2. The van der Waals surface area contributed by atoms with Gasteiger partial charge in [-0.05, 0) is 61.6 Å². The first kappa shape index (κ1) is 24.1. The van der Waals surface area contributed by atoms with Crippen LogP contribution in [-0.2, 0) is 20.7 Å². The zero-order chi connectivity index (χ0) is 22.9. The molecule has 0 aliphatic carbocycles. The highest BCUT2D eigenvalue weighted by molar-refractivity contribution is 5.77. The van der Waals surface area contributed by atoms with Gasteiger partial charge in [0.2, 0.25) is 0 Å². The summed E-state index contributed by atoms with van der Waals surface area (Å²) in [6.45, 7) is 7.17. The first-order chi connectivity index (χ1) is 15.5. The van der Waals surface area contributed by atoms with Gasteiger partial charge in [-0.15, -0.1) is 0 Å². The van der Waals surface area contributed by atoms with E-state index in [9.17, 15) is 9.90 Å². The Labute approximate surface area is 191 Å². The summed E-state index contributed by atoms with van der Waals surface area (Å²) in [5.74, 6) is -1.02. The van der Waals surface area contributed by atoms with E-state index in [1.54, 1.807) is 7.11 Å². The van der Waals surface area contributed by atoms with Gasteiger partial charge >= 0.3 is 5.97 Å². The number of methoxy groups -OCH3 is 1. The van der Waals surface area contributed by atoms with Gasteiger partial charge in [0, 0.05) is 44.5 Å². The lowest BCUT2D eigenvalue weighted by atomic mass is 9.94. The van der Waals surface area contributed by atoms with Crippen LogP contribution in [0.25, 0.3) is 0 Å². The van der Waals surface area contributed by atoms with Gasteiger partial charge in [-0.1, -0.05) is 25.1 Å². The molecule has 1 aliphatic rings. The molecule has 32 heavy (non-hydrogen) atoms. The lowest BCUT2D eigenvalue weighted by Crippen LogP contribution is -2.39. The molecule has 1 aliphatic heterocycles. The van der Waals surface area contributed by atoms with Gasteiger partial charge in [0.1, 0.15) is 0 Å². The smallest absolute Gasteiger partial charge is 0.304 e. The molecule has 0 aromatic heterocycles. The molecule has 1 heterocycles. The van der Waals surface area contributed by atoms with Crippen LogP contribution < -0.4 is 10.2 Å². The number of rotatable bonds is 11. The van der Waals surface area contributed by atoms with Crippen LogP contribution in [0.4, 0.5) is 17.1 Å². The summed E-state index contributed by atoms with van der Waals surface area (Å²) < 4.78 is 10.9. The van der Waals surface area contributed by atoms with Crippen molar-refractivity contribution < 1.29 is 19.4 Å². The average Bonchev–Trinajstić information content (AvgIpc) is 2.81. The molecular formula is C26H36N2O4. The van der Waals surface area contributed by atoms with E-state index in [4.69, 9.17) is 9.47 Å². The van der Waals surface area contributed by atoms with Gasteiger partial charge in [-0.3, -0.25) is 4.79 Å². The molecule has 0 bridgehead atoms. The summed E-state index contributed by atoms with van der Waals surface area (Å²) in [5.41, 5.74) is 5.41. The van der Waals surface area contributed by atoms with Crippen molar-refractivity contribution in [2.24, 2.45) is 0 Å². The van der Waals surface area contributed by atoms with E-state index >= 15 is 0 Å². The molecule has 2 N–H and O–H groups in total. The predicted molar refractivity (Wildman–Crippen MR) is 129 cm³/mol. The van der Waals surface area contributed by atoms with Crippen molar-refractivity contribution in [3.63, 3.8) is 0 Å². The van der Waals surface area contributed by atoms with Crippen LogP contribution in [0.3, 0.4) is 0 Å². The quantitative estimate of drug-likeness (QED) is 0.500. The molecular weight excluding hydrogens is 404 g/mol. The van der Waals surface area contributed by atoms with Gasteiger partial charge in [-0.2, -0.15) is 0 Å². The first-order valence-electron chi connectivity index (χ1n) is 11.6. The number of nitrogens with one attached hydrogen (secondary N) is 1. The van der Waals surface area contributed by atoms with Crippen molar-refractivity contribution in [2.75, 3.05) is 43.7 Å². The molecule has 3 rings (SSSR count). The third kappa shape index (κ3) is 6.24. The minimum atomic E-state index is -0.821. The molecule has 0 unspecified atom stereocenters. The molecule has 6 heteroatoms. The van der Waals surface area contributed by atoms with Crippen molar-refractivity contribution in [1.29, 1.82) is 0 Å². The molecule has 0 radical (unpaired) electrons. The number of anilines is 3. The largest absolute Gasteiger partial charge is 0.481 e. The third-order valence-corrected chi connectivity index (χ3v) is 6.20. The fourth-order valence-electron chi connectivity index (χ4n) is 4.44. The van der Waals surface area contributed by atoms with Crippen LogP contribution in [0, 0.1) is 0 Å². The Morgan fingerprint density at radius 3 is 2.50 bits per heavy atom. The minimum Gasteiger partial charge on any atom is -0.481 e. The Bertz CT molecular complexity index is 863. The number of hydrogen-bond acceptors (Lipinski definition) is 5. The van der Waals surface area contributed by atoms with Crippen LogP contribution in [0.2, 0.25) is 0 Å². The van der Waals surface area contributed by atoms with E-state index in [0.717, 1.165) is 61.6 Å². The Morgan fingerprint density at radius 2 is 1.91 bits per heavy atom. The second-order valence-electron chi connectivity index (χ2n) is 8.33. The number of carboxylic acids is 1. The van der Waals surface area contributed by atoms with E-state index in [1.807, 2.05) is 0 Å². The maximum atomic E-state index is 11.4. The second kappa shape index (κ2) is 11.9. The summed E-state index contributed by atoms with van der Waals surface area (Å²) in [7, 11) is 1.61. The number of carbonyl (C=O) groups is 1. The minimum absolute atomic E-state index is 0.0370. The van der Waals surface area contributed by atoms with Crippen molar-refractivity contribution in [3.8, 4) is 0 Å². The molecule has 1 saturated heterocycles. The van der Waals surface area contributed by atoms with Crippen molar-refractivity contribution in [1.82, 2.24) is 0 Å². The lowest BCUT2D eigenvalue weighted by molar-refractivity contribution is -0.137. The second-order valence-corrected chi connectivity index (χ2v) is 8.33.